The van der Waals surface area contributed by atoms with E-state index in [-0.39, 0.29) is 0 Å². The summed E-state index contributed by atoms with van der Waals surface area (Å²) in [4.78, 5) is 28.3. The standard InChI is InChI=1S/C21H34N5O8P/c1-3-6-15-24-18(23-12-7-4-5-8-12)13-9-22-26(19(13)25-15)20-17(29)16(28)14(34-20)10-33-21(2,11-27)35(30,31)32/h9,12,14,16-17,20,27-29H,3-8,10-11H2,1-2H3,(H,23,24,25)(H2,30,31,32)/t14-,16-,17-,20-,21?/m1/s1. The van der Waals surface area contributed by atoms with E-state index in [0.29, 0.717) is 35.1 Å². The fourth-order valence-corrected chi connectivity index (χ4v) is 4.85. The fourth-order valence-electron chi connectivity index (χ4n) is 4.42. The summed E-state index contributed by atoms with van der Waals surface area (Å²) in [6, 6.07) is 0.317. The normalized spacial score (nSPS) is 27.5. The monoisotopic (exact) mass is 515 g/mol. The number of rotatable bonds is 10. The van der Waals surface area contributed by atoms with Crippen molar-refractivity contribution in [3.63, 3.8) is 0 Å². The highest BCUT2D eigenvalue weighted by Crippen LogP contribution is 2.51. The van der Waals surface area contributed by atoms with E-state index in [1.54, 1.807) is 6.20 Å². The molecule has 2 aliphatic rings. The van der Waals surface area contributed by atoms with Crippen LogP contribution in [0.4, 0.5) is 5.82 Å². The molecule has 0 aromatic carbocycles. The summed E-state index contributed by atoms with van der Waals surface area (Å²) in [6.45, 7) is 1.68. The van der Waals surface area contributed by atoms with Crippen LogP contribution in [0.1, 0.15) is 58.0 Å². The average Bonchev–Trinajstić information content (AvgIpc) is 3.53. The topological polar surface area (TPSA) is 192 Å². The third-order valence-corrected chi connectivity index (χ3v) is 8.22. The maximum Gasteiger partial charge on any atom is 0.359 e. The van der Waals surface area contributed by atoms with Crippen molar-refractivity contribution in [2.45, 2.75) is 88.3 Å². The minimum absolute atomic E-state index is 0.317. The molecule has 0 spiro atoms. The van der Waals surface area contributed by atoms with Gasteiger partial charge in [0.25, 0.3) is 0 Å². The van der Waals surface area contributed by atoms with Crippen molar-refractivity contribution in [1.82, 2.24) is 19.7 Å². The molecule has 1 saturated carbocycles. The van der Waals surface area contributed by atoms with Crippen LogP contribution in [0.25, 0.3) is 11.0 Å². The van der Waals surface area contributed by atoms with Gasteiger partial charge >= 0.3 is 7.60 Å². The smallest absolute Gasteiger partial charge is 0.359 e. The second kappa shape index (κ2) is 10.3. The Hall–Kier alpha value is -1.70. The van der Waals surface area contributed by atoms with Gasteiger partial charge in [0.1, 0.15) is 30.0 Å². The number of aromatic nitrogens is 4. The van der Waals surface area contributed by atoms with E-state index in [9.17, 15) is 29.7 Å². The molecular formula is C21H34N5O8P. The predicted octanol–water partition coefficient (Wildman–Crippen LogP) is 0.655. The van der Waals surface area contributed by atoms with Crippen LogP contribution in [0.3, 0.4) is 0 Å². The quantitative estimate of drug-likeness (QED) is 0.243. The fraction of sp³-hybridized carbons (Fsp3) is 0.762. The van der Waals surface area contributed by atoms with Gasteiger partial charge in [0, 0.05) is 12.5 Å². The van der Waals surface area contributed by atoms with Crippen molar-refractivity contribution in [2.24, 2.45) is 0 Å². The Morgan fingerprint density at radius 2 is 1.97 bits per heavy atom. The molecule has 1 aliphatic carbocycles. The van der Waals surface area contributed by atoms with Gasteiger partial charge < -0.3 is 39.9 Å². The molecule has 2 fully saturated rings. The maximum atomic E-state index is 11.7. The highest BCUT2D eigenvalue weighted by molar-refractivity contribution is 7.53. The van der Waals surface area contributed by atoms with Gasteiger partial charge in [-0.2, -0.15) is 5.10 Å². The molecule has 2 aromatic heterocycles. The number of nitrogens with zero attached hydrogens (tertiary/aromatic N) is 4. The molecule has 0 radical (unpaired) electrons. The lowest BCUT2D eigenvalue weighted by Crippen LogP contribution is -2.39. The number of anilines is 1. The first-order valence-corrected chi connectivity index (χ1v) is 13.5. The molecular weight excluding hydrogens is 481 g/mol. The minimum Gasteiger partial charge on any atom is -0.393 e. The van der Waals surface area contributed by atoms with Gasteiger partial charge in [-0.05, 0) is 26.2 Å². The molecule has 5 atom stereocenters. The first kappa shape index (κ1) is 26.4. The Morgan fingerprint density at radius 3 is 2.60 bits per heavy atom. The van der Waals surface area contributed by atoms with E-state index in [1.807, 2.05) is 6.92 Å². The van der Waals surface area contributed by atoms with Crippen LogP contribution in [0.5, 0.6) is 0 Å². The number of ether oxygens (including phenoxy) is 2. The number of aryl methyl sites for hydroxylation is 1. The second-order valence-electron chi connectivity index (χ2n) is 9.43. The molecule has 13 nitrogen and oxygen atoms in total. The van der Waals surface area contributed by atoms with Crippen molar-refractivity contribution in [3.8, 4) is 0 Å². The van der Waals surface area contributed by atoms with Crippen molar-refractivity contribution in [1.29, 1.82) is 0 Å². The van der Waals surface area contributed by atoms with Crippen LogP contribution in [0.15, 0.2) is 6.20 Å². The van der Waals surface area contributed by atoms with E-state index in [4.69, 9.17) is 9.47 Å². The summed E-state index contributed by atoms with van der Waals surface area (Å²) in [5, 5.41) is 37.1. The van der Waals surface area contributed by atoms with Gasteiger partial charge in [-0.1, -0.05) is 19.8 Å². The number of nitrogens with one attached hydrogen (secondary N) is 1. The number of aliphatic hydroxyl groups is 3. The lowest BCUT2D eigenvalue weighted by atomic mass is 10.1. The summed E-state index contributed by atoms with van der Waals surface area (Å²) in [6.07, 6.45) is 2.44. The van der Waals surface area contributed by atoms with Crippen LogP contribution in [-0.4, -0.2) is 87.8 Å². The van der Waals surface area contributed by atoms with Crippen molar-refractivity contribution >= 4 is 24.4 Å². The molecule has 4 rings (SSSR count). The Balaban J connectivity index is 1.59. The Kier molecular flexibility index (Phi) is 7.79. The number of aliphatic hydroxyl groups excluding tert-OH is 3. The van der Waals surface area contributed by atoms with Gasteiger partial charge in [-0.25, -0.2) is 14.6 Å². The van der Waals surface area contributed by atoms with Gasteiger partial charge in [0.05, 0.1) is 24.8 Å². The molecule has 14 heteroatoms. The summed E-state index contributed by atoms with van der Waals surface area (Å²) in [5.74, 6) is 1.29. The van der Waals surface area contributed by atoms with Gasteiger partial charge in [0.15, 0.2) is 17.2 Å². The SMILES string of the molecule is CCCc1nc(NC2CCCC2)c2cnn([C@@H]3O[C@H](COC(C)(CO)P(=O)(O)O)[C@@H](O)[C@H]3O)c2n1. The summed E-state index contributed by atoms with van der Waals surface area (Å²) >= 11 is 0. The Morgan fingerprint density at radius 1 is 1.26 bits per heavy atom. The Bertz CT molecular complexity index is 1070. The molecule has 1 unspecified atom stereocenters. The van der Waals surface area contributed by atoms with Crippen molar-refractivity contribution < 1.29 is 39.1 Å². The highest BCUT2D eigenvalue weighted by atomic mass is 31.2. The van der Waals surface area contributed by atoms with Crippen LogP contribution < -0.4 is 5.32 Å². The van der Waals surface area contributed by atoms with E-state index in [1.165, 1.54) is 4.68 Å². The number of fused-ring (bicyclic) bond motifs is 1. The molecule has 6 N–H and O–H groups in total. The van der Waals surface area contributed by atoms with E-state index in [0.717, 1.165) is 39.0 Å². The largest absolute Gasteiger partial charge is 0.393 e. The summed E-state index contributed by atoms with van der Waals surface area (Å²) in [7, 11) is -4.82. The van der Waals surface area contributed by atoms with Crippen LogP contribution in [0.2, 0.25) is 0 Å². The Labute approximate surface area is 202 Å². The third kappa shape index (κ3) is 5.23. The van der Waals surface area contributed by atoms with E-state index < -0.39 is 50.7 Å². The molecule has 0 bridgehead atoms. The zero-order valence-corrected chi connectivity index (χ0v) is 20.7. The van der Waals surface area contributed by atoms with Gasteiger partial charge in [-0.15, -0.1) is 0 Å². The molecule has 2 aromatic rings. The second-order valence-corrected chi connectivity index (χ2v) is 11.5. The molecule has 196 valence electrons. The zero-order valence-electron chi connectivity index (χ0n) is 19.8. The van der Waals surface area contributed by atoms with Crippen LogP contribution >= 0.6 is 7.60 Å². The number of hydrogen-bond donors (Lipinski definition) is 6. The van der Waals surface area contributed by atoms with Crippen LogP contribution in [-0.2, 0) is 20.5 Å². The first-order valence-electron chi connectivity index (χ1n) is 11.9. The zero-order chi connectivity index (χ0) is 25.4. The van der Waals surface area contributed by atoms with Crippen LogP contribution in [0, 0.1) is 0 Å². The summed E-state index contributed by atoms with van der Waals surface area (Å²) in [5.41, 5.74) is 0.442. The van der Waals surface area contributed by atoms with E-state index >= 15 is 0 Å². The first-order chi connectivity index (χ1) is 16.6. The predicted molar refractivity (Wildman–Crippen MR) is 125 cm³/mol. The van der Waals surface area contributed by atoms with Crippen molar-refractivity contribution in [2.75, 3.05) is 18.5 Å². The molecule has 1 saturated heterocycles. The lowest BCUT2D eigenvalue weighted by Gasteiger charge is -2.29. The molecule has 0 amide bonds. The molecule has 3 heterocycles. The molecule has 1 aliphatic heterocycles. The van der Waals surface area contributed by atoms with Gasteiger partial charge in [0.2, 0.25) is 0 Å². The van der Waals surface area contributed by atoms with Gasteiger partial charge in [-0.3, -0.25) is 4.57 Å². The van der Waals surface area contributed by atoms with E-state index in [2.05, 4.69) is 20.4 Å². The number of hydrogen-bond acceptors (Lipinski definition) is 10. The average molecular weight is 516 g/mol. The summed E-state index contributed by atoms with van der Waals surface area (Å²) < 4.78 is 24.2. The molecule has 35 heavy (non-hydrogen) atoms. The lowest BCUT2D eigenvalue weighted by molar-refractivity contribution is -0.104. The van der Waals surface area contributed by atoms with Crippen molar-refractivity contribution in [3.05, 3.63) is 12.0 Å². The maximum absolute atomic E-state index is 11.7. The minimum atomic E-state index is -4.82. The third-order valence-electron chi connectivity index (χ3n) is 6.72. The highest BCUT2D eigenvalue weighted by Gasteiger charge is 2.48.